The lowest BCUT2D eigenvalue weighted by molar-refractivity contribution is -0.681. The van der Waals surface area contributed by atoms with Crippen LogP contribution in [0.15, 0.2) is 91.3 Å². The minimum absolute atomic E-state index is 0.0517. The SMILES string of the molecule is O=C(C[n+]1ccc2ccccc2c1)c1ccc(N2C(=O)c3ccccc3C2=O)cc1. The van der Waals surface area contributed by atoms with Crippen LogP contribution in [0.1, 0.15) is 31.1 Å². The number of anilines is 1. The fourth-order valence-corrected chi connectivity index (χ4v) is 3.75. The topological polar surface area (TPSA) is 58.3 Å². The summed E-state index contributed by atoms with van der Waals surface area (Å²) < 4.78 is 1.85. The standard InChI is InChI=1S/C25H17N2O3/c28-23(16-26-14-13-17-5-1-2-6-19(17)15-26)18-9-11-20(12-10-18)27-24(29)21-7-3-4-8-22(21)25(27)30/h1-15H,16H2/q+1. The molecule has 0 atom stereocenters. The van der Waals surface area contributed by atoms with Crippen molar-refractivity contribution in [2.24, 2.45) is 0 Å². The lowest BCUT2D eigenvalue weighted by Crippen LogP contribution is -2.37. The van der Waals surface area contributed by atoms with Gasteiger partial charge in [0.05, 0.1) is 16.8 Å². The summed E-state index contributed by atoms with van der Waals surface area (Å²) >= 11 is 0. The maximum absolute atomic E-state index is 12.7. The van der Waals surface area contributed by atoms with Gasteiger partial charge in [-0.05, 0) is 47.9 Å². The van der Waals surface area contributed by atoms with Gasteiger partial charge in [-0.3, -0.25) is 14.4 Å². The average Bonchev–Trinajstić information content (AvgIpc) is 3.04. The summed E-state index contributed by atoms with van der Waals surface area (Å²) in [4.78, 5) is 39.1. The van der Waals surface area contributed by atoms with Gasteiger partial charge in [-0.25, -0.2) is 4.90 Å². The van der Waals surface area contributed by atoms with E-state index >= 15 is 0 Å². The molecule has 5 nitrogen and oxygen atoms in total. The summed E-state index contributed by atoms with van der Waals surface area (Å²) in [6.07, 6.45) is 3.83. The third-order valence-electron chi connectivity index (χ3n) is 5.31. The predicted molar refractivity (Wildman–Crippen MR) is 112 cm³/mol. The van der Waals surface area contributed by atoms with Crippen LogP contribution >= 0.6 is 0 Å². The second-order valence-corrected chi connectivity index (χ2v) is 7.21. The molecule has 0 aliphatic carbocycles. The largest absolute Gasteiger partial charge is 0.287 e. The van der Waals surface area contributed by atoms with E-state index < -0.39 is 0 Å². The van der Waals surface area contributed by atoms with Crippen LogP contribution in [0.5, 0.6) is 0 Å². The second kappa shape index (κ2) is 7.04. The molecule has 0 saturated carbocycles. The van der Waals surface area contributed by atoms with E-state index in [1.807, 2.05) is 47.3 Å². The van der Waals surface area contributed by atoms with E-state index in [4.69, 9.17) is 0 Å². The number of carbonyl (C=O) groups excluding carboxylic acids is 3. The number of imide groups is 1. The van der Waals surface area contributed by atoms with Gasteiger partial charge in [0.1, 0.15) is 0 Å². The fourth-order valence-electron chi connectivity index (χ4n) is 3.75. The molecule has 4 aromatic rings. The molecule has 0 spiro atoms. The summed E-state index contributed by atoms with van der Waals surface area (Å²) in [5.74, 6) is -0.744. The van der Waals surface area contributed by atoms with Crippen molar-refractivity contribution >= 4 is 34.1 Å². The molecule has 1 aromatic heterocycles. The van der Waals surface area contributed by atoms with Crippen molar-refractivity contribution in [1.29, 1.82) is 0 Å². The molecular formula is C25H17N2O3+. The monoisotopic (exact) mass is 393 g/mol. The Labute approximate surface area is 172 Å². The first-order valence-electron chi connectivity index (χ1n) is 9.61. The highest BCUT2D eigenvalue weighted by Crippen LogP contribution is 2.28. The van der Waals surface area contributed by atoms with Gasteiger partial charge in [0.15, 0.2) is 12.4 Å². The van der Waals surface area contributed by atoms with Crippen LogP contribution in [0.4, 0.5) is 5.69 Å². The minimum Gasteiger partial charge on any atom is -0.287 e. The quantitative estimate of drug-likeness (QED) is 0.301. The molecule has 1 aliphatic heterocycles. The molecule has 30 heavy (non-hydrogen) atoms. The molecule has 5 rings (SSSR count). The zero-order valence-corrected chi connectivity index (χ0v) is 16.0. The molecule has 0 unspecified atom stereocenters. The Bertz CT molecular complexity index is 1290. The van der Waals surface area contributed by atoms with Crippen molar-refractivity contribution < 1.29 is 19.0 Å². The highest BCUT2D eigenvalue weighted by atomic mass is 16.2. The van der Waals surface area contributed by atoms with E-state index in [9.17, 15) is 14.4 Å². The Balaban J connectivity index is 1.36. The molecule has 0 N–H and O–H groups in total. The first kappa shape index (κ1) is 17.9. The molecule has 144 valence electrons. The molecule has 0 fully saturated rings. The third kappa shape index (κ3) is 2.97. The van der Waals surface area contributed by atoms with Crippen molar-refractivity contribution in [3.8, 4) is 0 Å². The molecule has 2 heterocycles. The maximum atomic E-state index is 12.7. The van der Waals surface area contributed by atoms with E-state index in [0.717, 1.165) is 15.7 Å². The van der Waals surface area contributed by atoms with Crippen LogP contribution in [0.25, 0.3) is 10.8 Å². The van der Waals surface area contributed by atoms with E-state index in [-0.39, 0.29) is 24.1 Å². The molecule has 0 radical (unpaired) electrons. The zero-order valence-electron chi connectivity index (χ0n) is 16.0. The third-order valence-corrected chi connectivity index (χ3v) is 5.31. The molecule has 0 bridgehead atoms. The number of rotatable bonds is 4. The number of amides is 2. The average molecular weight is 393 g/mol. The smallest absolute Gasteiger partial charge is 0.266 e. The summed E-state index contributed by atoms with van der Waals surface area (Å²) in [5, 5.41) is 2.18. The Kier molecular flexibility index (Phi) is 4.21. The highest BCUT2D eigenvalue weighted by molar-refractivity contribution is 6.34. The maximum Gasteiger partial charge on any atom is 0.266 e. The number of fused-ring (bicyclic) bond motifs is 2. The lowest BCUT2D eigenvalue weighted by Gasteiger charge is -2.14. The highest BCUT2D eigenvalue weighted by Gasteiger charge is 2.36. The van der Waals surface area contributed by atoms with Gasteiger partial charge in [0.25, 0.3) is 11.8 Å². The summed E-state index contributed by atoms with van der Waals surface area (Å²) in [7, 11) is 0. The van der Waals surface area contributed by atoms with Crippen LogP contribution in [-0.2, 0) is 6.54 Å². The second-order valence-electron chi connectivity index (χ2n) is 7.21. The predicted octanol–water partition coefficient (Wildman–Crippen LogP) is 3.81. The lowest BCUT2D eigenvalue weighted by atomic mass is 10.1. The van der Waals surface area contributed by atoms with E-state index in [1.165, 1.54) is 0 Å². The first-order chi connectivity index (χ1) is 14.6. The van der Waals surface area contributed by atoms with E-state index in [1.54, 1.807) is 48.5 Å². The van der Waals surface area contributed by atoms with Crippen molar-refractivity contribution in [3.05, 3.63) is 108 Å². The van der Waals surface area contributed by atoms with Crippen molar-refractivity contribution in [3.63, 3.8) is 0 Å². The van der Waals surface area contributed by atoms with Crippen molar-refractivity contribution in [1.82, 2.24) is 0 Å². The Morgan fingerprint density at radius 3 is 2.00 bits per heavy atom. The van der Waals surface area contributed by atoms with Crippen LogP contribution in [0.2, 0.25) is 0 Å². The number of carbonyl (C=O) groups is 3. The van der Waals surface area contributed by atoms with Crippen LogP contribution in [-0.4, -0.2) is 17.6 Å². The van der Waals surface area contributed by atoms with Gasteiger partial charge in [-0.2, -0.15) is 4.57 Å². The molecule has 2 amide bonds. The minimum atomic E-state index is -0.346. The van der Waals surface area contributed by atoms with Gasteiger partial charge < -0.3 is 0 Å². The Morgan fingerprint density at radius 1 is 0.733 bits per heavy atom. The van der Waals surface area contributed by atoms with Gasteiger partial charge in [-0.15, -0.1) is 0 Å². The molecular weight excluding hydrogens is 376 g/mol. The van der Waals surface area contributed by atoms with E-state index in [0.29, 0.717) is 22.4 Å². The van der Waals surface area contributed by atoms with Crippen LogP contribution in [0, 0.1) is 0 Å². The molecule has 0 saturated heterocycles. The normalized spacial score (nSPS) is 13.0. The Morgan fingerprint density at radius 2 is 1.33 bits per heavy atom. The summed E-state index contributed by atoms with van der Waals surface area (Å²) in [6, 6.07) is 23.3. The van der Waals surface area contributed by atoms with Crippen LogP contribution < -0.4 is 9.47 Å². The number of hydrogen-bond acceptors (Lipinski definition) is 3. The number of aromatic nitrogens is 1. The number of hydrogen-bond donors (Lipinski definition) is 0. The summed E-state index contributed by atoms with van der Waals surface area (Å²) in [6.45, 7) is 0.206. The number of ketones is 1. The van der Waals surface area contributed by atoms with Gasteiger partial charge in [-0.1, -0.05) is 30.3 Å². The molecule has 3 aromatic carbocycles. The van der Waals surface area contributed by atoms with Crippen molar-refractivity contribution in [2.75, 3.05) is 4.90 Å². The Hall–Kier alpha value is -4.12. The number of Topliss-reactive ketones (excluding diaryl/α,β-unsaturated/α-hetero) is 1. The molecule has 5 heteroatoms. The van der Waals surface area contributed by atoms with Crippen LogP contribution in [0.3, 0.4) is 0 Å². The summed E-state index contributed by atoms with van der Waals surface area (Å²) in [5.41, 5.74) is 1.78. The van der Waals surface area contributed by atoms with Gasteiger partial charge in [0.2, 0.25) is 12.3 Å². The molecule has 1 aliphatic rings. The fraction of sp³-hybridized carbons (Fsp3) is 0.0400. The zero-order chi connectivity index (χ0) is 20.7. The van der Waals surface area contributed by atoms with E-state index in [2.05, 4.69) is 0 Å². The van der Waals surface area contributed by atoms with Crippen molar-refractivity contribution in [2.45, 2.75) is 6.54 Å². The number of pyridine rings is 1. The number of nitrogens with zero attached hydrogens (tertiary/aromatic N) is 2. The number of benzene rings is 3. The first-order valence-corrected chi connectivity index (χ1v) is 9.61. The van der Waals surface area contributed by atoms with Gasteiger partial charge >= 0.3 is 0 Å². The van der Waals surface area contributed by atoms with Gasteiger partial charge in [0, 0.05) is 17.0 Å².